The number of rotatable bonds is 7. The minimum absolute atomic E-state index is 0.166. The van der Waals surface area contributed by atoms with Gasteiger partial charge >= 0.3 is 0 Å². The molecule has 0 spiro atoms. The van der Waals surface area contributed by atoms with Gasteiger partial charge < -0.3 is 18.6 Å². The number of hydrogen-bond donors (Lipinski definition) is 0. The Morgan fingerprint density at radius 3 is 2.58 bits per heavy atom. The minimum Gasteiger partial charge on any atom is -0.493 e. The fourth-order valence-corrected chi connectivity index (χ4v) is 3.94. The van der Waals surface area contributed by atoms with E-state index in [4.69, 9.17) is 18.6 Å². The van der Waals surface area contributed by atoms with Crippen LogP contribution in [0.3, 0.4) is 0 Å². The van der Waals surface area contributed by atoms with Gasteiger partial charge in [-0.05, 0) is 32.4 Å². The second kappa shape index (κ2) is 9.30. The fourth-order valence-electron chi connectivity index (χ4n) is 3.94. The normalized spacial score (nSPS) is 16.8. The maximum atomic E-state index is 5.95. The minimum atomic E-state index is 0.166. The van der Waals surface area contributed by atoms with Gasteiger partial charge in [-0.25, -0.2) is 4.98 Å². The van der Waals surface area contributed by atoms with Crippen molar-refractivity contribution in [3.8, 4) is 28.8 Å². The fraction of sp³-hybridized carbons (Fsp3) is 0.455. The van der Waals surface area contributed by atoms with Crippen LogP contribution in [0.2, 0.25) is 0 Å². The second-order valence-electron chi connectivity index (χ2n) is 7.56. The lowest BCUT2D eigenvalue weighted by molar-refractivity contribution is 0.184. The number of likely N-dealkylation sites (tertiary alicyclic amines) is 1. The lowest BCUT2D eigenvalue weighted by atomic mass is 9.97. The summed E-state index contributed by atoms with van der Waals surface area (Å²) in [5, 5.41) is 8.47. The summed E-state index contributed by atoms with van der Waals surface area (Å²) in [5.74, 6) is 3.16. The zero-order chi connectivity index (χ0) is 21.8. The van der Waals surface area contributed by atoms with Crippen LogP contribution in [0.1, 0.15) is 35.9 Å². The quantitative estimate of drug-likeness (QED) is 0.565. The van der Waals surface area contributed by atoms with Crippen LogP contribution in [0.4, 0.5) is 0 Å². The molecule has 1 atom stereocenters. The van der Waals surface area contributed by atoms with E-state index in [0.717, 1.165) is 43.7 Å². The summed E-state index contributed by atoms with van der Waals surface area (Å²) in [4.78, 5) is 10.9. The third kappa shape index (κ3) is 4.46. The molecule has 1 aromatic carbocycles. The SMILES string of the molecule is COc1ccc(CN2CCCC(c3nnc(-c4cnc(C)cn4)o3)C2)c(OC)c1OC. The molecule has 1 aliphatic rings. The Morgan fingerprint density at radius 1 is 1.03 bits per heavy atom. The number of benzene rings is 1. The van der Waals surface area contributed by atoms with E-state index >= 15 is 0 Å². The number of nitrogens with zero attached hydrogens (tertiary/aromatic N) is 5. The zero-order valence-electron chi connectivity index (χ0n) is 18.3. The Hall–Kier alpha value is -3.20. The maximum absolute atomic E-state index is 5.95. The highest BCUT2D eigenvalue weighted by Gasteiger charge is 2.27. The standard InChI is InChI=1S/C22H27N5O4/c1-14-10-24-17(11-23-14)22-26-25-21(31-22)16-6-5-9-27(13-16)12-15-7-8-18(28-2)20(30-4)19(15)29-3/h7-8,10-11,16H,5-6,9,12-13H2,1-4H3. The first kappa shape index (κ1) is 21.0. The third-order valence-electron chi connectivity index (χ3n) is 5.48. The summed E-state index contributed by atoms with van der Waals surface area (Å²) in [6.45, 7) is 4.42. The Bertz CT molecular complexity index is 1020. The largest absolute Gasteiger partial charge is 0.493 e. The number of methoxy groups -OCH3 is 3. The van der Waals surface area contributed by atoms with Gasteiger partial charge in [-0.15, -0.1) is 10.2 Å². The van der Waals surface area contributed by atoms with E-state index in [-0.39, 0.29) is 5.92 Å². The van der Waals surface area contributed by atoms with Gasteiger partial charge in [-0.1, -0.05) is 6.07 Å². The molecule has 9 heteroatoms. The van der Waals surface area contributed by atoms with Crippen molar-refractivity contribution in [3.05, 3.63) is 41.7 Å². The third-order valence-corrected chi connectivity index (χ3v) is 5.48. The molecule has 9 nitrogen and oxygen atoms in total. The number of aromatic nitrogens is 4. The van der Waals surface area contributed by atoms with E-state index < -0.39 is 0 Å². The predicted octanol–water partition coefficient (Wildman–Crippen LogP) is 3.24. The molecule has 164 valence electrons. The number of piperidine rings is 1. The van der Waals surface area contributed by atoms with Crippen LogP contribution < -0.4 is 14.2 Å². The molecule has 0 radical (unpaired) electrons. The number of aryl methyl sites for hydroxylation is 1. The highest BCUT2D eigenvalue weighted by Crippen LogP contribution is 2.40. The zero-order valence-corrected chi connectivity index (χ0v) is 18.3. The van der Waals surface area contributed by atoms with Crippen LogP contribution in [0.5, 0.6) is 17.2 Å². The van der Waals surface area contributed by atoms with Crippen molar-refractivity contribution in [1.29, 1.82) is 0 Å². The molecule has 31 heavy (non-hydrogen) atoms. The molecule has 1 saturated heterocycles. The molecule has 3 heterocycles. The Morgan fingerprint density at radius 2 is 1.87 bits per heavy atom. The average molecular weight is 425 g/mol. The summed E-state index contributed by atoms with van der Waals surface area (Å²) in [7, 11) is 4.88. The van der Waals surface area contributed by atoms with Crippen molar-refractivity contribution < 1.29 is 18.6 Å². The van der Waals surface area contributed by atoms with Crippen molar-refractivity contribution in [2.24, 2.45) is 0 Å². The van der Waals surface area contributed by atoms with Gasteiger partial charge in [0.25, 0.3) is 5.89 Å². The Kier molecular flexibility index (Phi) is 6.31. The van der Waals surface area contributed by atoms with E-state index in [0.29, 0.717) is 34.7 Å². The summed E-state index contributed by atoms with van der Waals surface area (Å²) >= 11 is 0. The van der Waals surface area contributed by atoms with E-state index in [2.05, 4.69) is 25.1 Å². The van der Waals surface area contributed by atoms with Crippen molar-refractivity contribution in [2.75, 3.05) is 34.4 Å². The first-order chi connectivity index (χ1) is 15.1. The van der Waals surface area contributed by atoms with Gasteiger partial charge in [0.1, 0.15) is 5.69 Å². The molecule has 4 rings (SSSR count). The summed E-state index contributed by atoms with van der Waals surface area (Å²) in [6, 6.07) is 3.93. The van der Waals surface area contributed by atoms with E-state index in [1.54, 1.807) is 33.7 Å². The molecule has 1 fully saturated rings. The average Bonchev–Trinajstić information content (AvgIpc) is 3.29. The highest BCUT2D eigenvalue weighted by atomic mass is 16.5. The smallest absolute Gasteiger partial charge is 0.267 e. The van der Waals surface area contributed by atoms with Crippen molar-refractivity contribution in [3.63, 3.8) is 0 Å². The predicted molar refractivity (Wildman–Crippen MR) is 113 cm³/mol. The summed E-state index contributed by atoms with van der Waals surface area (Å²) in [5.41, 5.74) is 2.48. The molecule has 3 aromatic rings. The van der Waals surface area contributed by atoms with Crippen molar-refractivity contribution in [2.45, 2.75) is 32.2 Å². The van der Waals surface area contributed by atoms with Gasteiger partial charge in [-0.2, -0.15) is 0 Å². The first-order valence-corrected chi connectivity index (χ1v) is 10.3. The molecule has 0 bridgehead atoms. The van der Waals surface area contributed by atoms with E-state index in [1.807, 2.05) is 19.1 Å². The summed E-state index contributed by atoms with van der Waals surface area (Å²) in [6.07, 6.45) is 5.39. The van der Waals surface area contributed by atoms with Gasteiger partial charge in [-0.3, -0.25) is 9.88 Å². The molecule has 2 aromatic heterocycles. The lowest BCUT2D eigenvalue weighted by Crippen LogP contribution is -2.34. The Balaban J connectivity index is 1.49. The van der Waals surface area contributed by atoms with Gasteiger partial charge in [0.15, 0.2) is 11.5 Å². The molecule has 1 unspecified atom stereocenters. The van der Waals surface area contributed by atoms with Crippen LogP contribution >= 0.6 is 0 Å². The Labute approximate surface area is 181 Å². The molecule has 1 aliphatic heterocycles. The van der Waals surface area contributed by atoms with Crippen LogP contribution in [0.25, 0.3) is 11.6 Å². The molecule has 0 amide bonds. The maximum Gasteiger partial charge on any atom is 0.267 e. The van der Waals surface area contributed by atoms with Crippen molar-refractivity contribution >= 4 is 0 Å². The van der Waals surface area contributed by atoms with Gasteiger partial charge in [0.2, 0.25) is 11.6 Å². The molecule has 0 aliphatic carbocycles. The monoisotopic (exact) mass is 425 g/mol. The number of hydrogen-bond acceptors (Lipinski definition) is 9. The summed E-state index contributed by atoms with van der Waals surface area (Å²) < 4.78 is 22.5. The van der Waals surface area contributed by atoms with Crippen LogP contribution in [-0.2, 0) is 6.54 Å². The molecular weight excluding hydrogens is 398 g/mol. The molecule has 0 N–H and O–H groups in total. The first-order valence-electron chi connectivity index (χ1n) is 10.3. The van der Waals surface area contributed by atoms with Gasteiger partial charge in [0.05, 0.1) is 39.1 Å². The van der Waals surface area contributed by atoms with E-state index in [9.17, 15) is 0 Å². The van der Waals surface area contributed by atoms with Crippen LogP contribution in [0, 0.1) is 6.92 Å². The second-order valence-corrected chi connectivity index (χ2v) is 7.56. The number of ether oxygens (including phenoxy) is 3. The topological polar surface area (TPSA) is 95.6 Å². The van der Waals surface area contributed by atoms with Crippen molar-refractivity contribution in [1.82, 2.24) is 25.1 Å². The van der Waals surface area contributed by atoms with Crippen LogP contribution in [0.15, 0.2) is 28.9 Å². The van der Waals surface area contributed by atoms with E-state index in [1.165, 1.54) is 0 Å². The molecule has 0 saturated carbocycles. The highest BCUT2D eigenvalue weighted by molar-refractivity contribution is 5.55. The van der Waals surface area contributed by atoms with Gasteiger partial charge in [0, 0.05) is 24.8 Å². The van der Waals surface area contributed by atoms with Crippen LogP contribution in [-0.4, -0.2) is 59.5 Å². The lowest BCUT2D eigenvalue weighted by Gasteiger charge is -2.31. The molecular formula is C22H27N5O4.